The minimum atomic E-state index is 0.132. The maximum atomic E-state index is 9.21. The lowest BCUT2D eigenvalue weighted by atomic mass is 10.0. The van der Waals surface area contributed by atoms with Crippen LogP contribution in [0.2, 0.25) is 10.0 Å². The predicted molar refractivity (Wildman–Crippen MR) is 130 cm³/mol. The van der Waals surface area contributed by atoms with Gasteiger partial charge < -0.3 is 9.47 Å². The Bertz CT molecular complexity index is 1100. The van der Waals surface area contributed by atoms with Gasteiger partial charge in [0.1, 0.15) is 5.82 Å². The molecule has 7 heteroatoms. The largest absolute Gasteiger partial charge is 0.361 e. The smallest absolute Gasteiger partial charge is 0.108 e. The topological polar surface area (TPSA) is 48.1 Å². The molecule has 1 aliphatic heterocycles. The number of hydrogen-bond acceptors (Lipinski definition) is 4. The number of halogens is 2. The van der Waals surface area contributed by atoms with Crippen molar-refractivity contribution in [2.24, 2.45) is 0 Å². The van der Waals surface area contributed by atoms with Crippen molar-refractivity contribution in [3.8, 4) is 6.07 Å². The van der Waals surface area contributed by atoms with Crippen LogP contribution in [0.5, 0.6) is 0 Å². The summed E-state index contributed by atoms with van der Waals surface area (Å²) >= 11 is 12.8. The quantitative estimate of drug-likeness (QED) is 0.462. The molecule has 2 atom stereocenters. The summed E-state index contributed by atoms with van der Waals surface area (Å²) in [7, 11) is 0. The molecule has 0 aliphatic carbocycles. The van der Waals surface area contributed by atoms with E-state index in [1.54, 1.807) is 6.07 Å². The third kappa shape index (κ3) is 4.78. The van der Waals surface area contributed by atoms with Crippen LogP contribution in [0.25, 0.3) is 0 Å². The van der Waals surface area contributed by atoms with Gasteiger partial charge in [-0.3, -0.25) is 4.90 Å². The molecule has 1 fully saturated rings. The van der Waals surface area contributed by atoms with Gasteiger partial charge in [0.15, 0.2) is 0 Å². The molecule has 5 nitrogen and oxygen atoms in total. The average Bonchev–Trinajstić information content (AvgIpc) is 3.29. The molecular weight excluding hydrogens is 441 g/mol. The average molecular weight is 468 g/mol. The number of anilines is 1. The molecule has 0 amide bonds. The van der Waals surface area contributed by atoms with Crippen molar-refractivity contribution in [3.05, 3.63) is 81.9 Å². The van der Waals surface area contributed by atoms with Gasteiger partial charge in [0.2, 0.25) is 0 Å². The summed E-state index contributed by atoms with van der Waals surface area (Å²) in [5.41, 5.74) is 2.73. The van der Waals surface area contributed by atoms with Crippen molar-refractivity contribution in [3.63, 3.8) is 0 Å². The molecule has 0 radical (unpaired) electrons. The first-order chi connectivity index (χ1) is 15.5. The van der Waals surface area contributed by atoms with Crippen molar-refractivity contribution in [2.45, 2.75) is 32.4 Å². The highest BCUT2D eigenvalue weighted by molar-refractivity contribution is 6.33. The lowest BCUT2D eigenvalue weighted by molar-refractivity contribution is 0.196. The first kappa shape index (κ1) is 22.7. The summed E-state index contributed by atoms with van der Waals surface area (Å²) in [5.74, 6) is 1.12. The van der Waals surface area contributed by atoms with Crippen molar-refractivity contribution in [2.75, 3.05) is 31.1 Å². The molecule has 1 aromatic heterocycles. The van der Waals surface area contributed by atoms with E-state index < -0.39 is 0 Å². The van der Waals surface area contributed by atoms with Gasteiger partial charge in [0, 0.05) is 56.1 Å². The Balaban J connectivity index is 1.59. The number of nitrogens with zero attached hydrogens (tertiary/aromatic N) is 5. The van der Waals surface area contributed by atoms with E-state index in [1.807, 2.05) is 30.5 Å². The Labute approximate surface area is 199 Å². The summed E-state index contributed by atoms with van der Waals surface area (Å²) in [6.07, 6.45) is 4.89. The second-order valence-electron chi connectivity index (χ2n) is 8.25. The van der Waals surface area contributed by atoms with Crippen molar-refractivity contribution >= 4 is 28.9 Å². The maximum Gasteiger partial charge on any atom is 0.108 e. The molecule has 0 bridgehead atoms. The fourth-order valence-electron chi connectivity index (χ4n) is 4.55. The summed E-state index contributed by atoms with van der Waals surface area (Å²) in [4.78, 5) is 9.34. The SMILES string of the molecule is CCc1nccn1C(C)CN1CCN(c2ccc(C#N)cc2Cl)[C@H](c2ccc(Cl)cc2)C1. The van der Waals surface area contributed by atoms with Crippen LogP contribution in [0.15, 0.2) is 54.9 Å². The summed E-state index contributed by atoms with van der Waals surface area (Å²) in [6, 6.07) is 16.2. The van der Waals surface area contributed by atoms with Gasteiger partial charge in [-0.05, 0) is 42.8 Å². The second-order valence-corrected chi connectivity index (χ2v) is 9.10. The molecule has 2 aromatic carbocycles. The standard InChI is InChI=1S/C25H27Cl2N5/c1-3-25-29-10-11-31(25)18(2)16-30-12-13-32(23-9-4-19(15-28)14-22(23)27)24(17-30)20-5-7-21(26)8-6-20/h4-11,14,18,24H,3,12-13,16-17H2,1-2H3/t18?,24-/m0/s1. The molecule has 4 rings (SSSR count). The Morgan fingerprint density at radius 2 is 1.94 bits per heavy atom. The van der Waals surface area contributed by atoms with E-state index >= 15 is 0 Å². The monoisotopic (exact) mass is 467 g/mol. The van der Waals surface area contributed by atoms with E-state index in [0.717, 1.165) is 49.1 Å². The number of imidazole rings is 1. The van der Waals surface area contributed by atoms with Crippen molar-refractivity contribution in [1.82, 2.24) is 14.5 Å². The molecule has 0 spiro atoms. The van der Waals surface area contributed by atoms with Crippen molar-refractivity contribution < 1.29 is 0 Å². The molecule has 0 saturated carbocycles. The lowest BCUT2D eigenvalue weighted by Gasteiger charge is -2.44. The zero-order valence-corrected chi connectivity index (χ0v) is 19.9. The van der Waals surface area contributed by atoms with Gasteiger partial charge >= 0.3 is 0 Å². The minimum Gasteiger partial charge on any atom is -0.361 e. The highest BCUT2D eigenvalue weighted by Crippen LogP contribution is 2.36. The minimum absolute atomic E-state index is 0.132. The number of rotatable bonds is 6. The van der Waals surface area contributed by atoms with E-state index in [0.29, 0.717) is 16.6 Å². The predicted octanol–water partition coefficient (Wildman–Crippen LogP) is 5.75. The number of hydrogen-bond donors (Lipinski definition) is 0. The molecule has 1 saturated heterocycles. The molecule has 2 heterocycles. The second kappa shape index (κ2) is 9.95. The number of aromatic nitrogens is 2. The van der Waals surface area contributed by atoms with Crippen LogP contribution in [0.1, 0.15) is 42.9 Å². The van der Waals surface area contributed by atoms with Gasteiger partial charge in [0.25, 0.3) is 0 Å². The Morgan fingerprint density at radius 3 is 2.62 bits per heavy atom. The number of aryl methyl sites for hydroxylation is 1. The molecule has 0 N–H and O–H groups in total. The molecule has 166 valence electrons. The Kier molecular flexibility index (Phi) is 7.05. The molecule has 1 unspecified atom stereocenters. The van der Waals surface area contributed by atoms with Gasteiger partial charge in [-0.1, -0.05) is 42.3 Å². The Hall–Kier alpha value is -2.52. The third-order valence-corrected chi connectivity index (χ3v) is 6.72. The first-order valence-corrected chi connectivity index (χ1v) is 11.7. The maximum absolute atomic E-state index is 9.21. The van der Waals surface area contributed by atoms with E-state index in [2.05, 4.69) is 57.6 Å². The highest BCUT2D eigenvalue weighted by Gasteiger charge is 2.30. The van der Waals surface area contributed by atoms with Gasteiger partial charge in [-0.25, -0.2) is 4.98 Å². The van der Waals surface area contributed by atoms with E-state index in [1.165, 1.54) is 5.56 Å². The molecular formula is C25H27Cl2N5. The normalized spacial score (nSPS) is 17.8. The third-order valence-electron chi connectivity index (χ3n) is 6.17. The summed E-state index contributed by atoms with van der Waals surface area (Å²) in [6.45, 7) is 7.99. The number of piperazine rings is 1. The van der Waals surface area contributed by atoms with Crippen LogP contribution in [0.4, 0.5) is 5.69 Å². The highest BCUT2D eigenvalue weighted by atomic mass is 35.5. The van der Waals surface area contributed by atoms with E-state index in [-0.39, 0.29) is 6.04 Å². The molecule has 1 aliphatic rings. The van der Waals surface area contributed by atoms with Crippen LogP contribution in [0.3, 0.4) is 0 Å². The van der Waals surface area contributed by atoms with Gasteiger partial charge in [-0.2, -0.15) is 5.26 Å². The molecule has 32 heavy (non-hydrogen) atoms. The van der Waals surface area contributed by atoms with Crippen LogP contribution in [-0.4, -0.2) is 40.6 Å². The summed E-state index contributed by atoms with van der Waals surface area (Å²) < 4.78 is 2.28. The Morgan fingerprint density at radius 1 is 1.16 bits per heavy atom. The van der Waals surface area contributed by atoms with E-state index in [4.69, 9.17) is 23.2 Å². The zero-order chi connectivity index (χ0) is 22.7. The number of benzene rings is 2. The number of nitriles is 1. The molecule has 3 aromatic rings. The van der Waals surface area contributed by atoms with Crippen LogP contribution < -0.4 is 4.90 Å². The van der Waals surface area contributed by atoms with Gasteiger partial charge in [0.05, 0.1) is 28.4 Å². The van der Waals surface area contributed by atoms with Gasteiger partial charge in [-0.15, -0.1) is 0 Å². The van der Waals surface area contributed by atoms with Crippen LogP contribution >= 0.6 is 23.2 Å². The lowest BCUT2D eigenvalue weighted by Crippen LogP contribution is -2.49. The van der Waals surface area contributed by atoms with Crippen molar-refractivity contribution in [1.29, 1.82) is 5.26 Å². The van der Waals surface area contributed by atoms with E-state index in [9.17, 15) is 5.26 Å². The first-order valence-electron chi connectivity index (χ1n) is 11.0. The zero-order valence-electron chi connectivity index (χ0n) is 18.4. The summed E-state index contributed by atoms with van der Waals surface area (Å²) in [5, 5.41) is 10.5. The van der Waals surface area contributed by atoms with Crippen LogP contribution in [0, 0.1) is 11.3 Å². The fourth-order valence-corrected chi connectivity index (χ4v) is 4.97. The fraction of sp³-hybridized carbons (Fsp3) is 0.360. The van der Waals surface area contributed by atoms with Crippen LogP contribution in [-0.2, 0) is 6.42 Å².